The largest absolute Gasteiger partial charge is 0.240 e. The highest BCUT2D eigenvalue weighted by atomic mass is 32.2. The zero-order valence-corrected chi connectivity index (χ0v) is 13.9. The number of hydrogen-bond acceptors (Lipinski definition) is 2. The molecule has 2 aromatic rings. The van der Waals surface area contributed by atoms with Crippen LogP contribution < -0.4 is 4.72 Å². The first-order chi connectivity index (χ1) is 11.5. The number of rotatable bonds is 4. The van der Waals surface area contributed by atoms with Gasteiger partial charge in [0.05, 0.1) is 4.90 Å². The zero-order valence-electron chi connectivity index (χ0n) is 13.1. The molecule has 1 N–H and O–H groups in total. The van der Waals surface area contributed by atoms with Gasteiger partial charge in [0.15, 0.2) is 11.6 Å². The normalized spacial score (nSPS) is 21.6. The second-order valence-corrected chi connectivity index (χ2v) is 7.87. The maximum Gasteiger partial charge on any atom is 0.240 e. The Hall–Kier alpha value is -1.79. The van der Waals surface area contributed by atoms with Crippen molar-refractivity contribution in [1.82, 2.24) is 4.72 Å². The second-order valence-electron chi connectivity index (χ2n) is 6.16. The molecule has 0 bridgehead atoms. The Bertz CT molecular complexity index is 801. The summed E-state index contributed by atoms with van der Waals surface area (Å²) in [6.07, 6.45) is 3.24. The lowest BCUT2D eigenvalue weighted by Gasteiger charge is -2.29. The van der Waals surface area contributed by atoms with Crippen LogP contribution in [0, 0.1) is 11.6 Å². The standard InChI is InChI=1S/C18H19F2NO2S/c19-17-11-10-16(12-18(17)20)24(22,23)21-15-8-6-14(7-9-15)13-4-2-1-3-5-13/h1-5,10-12,14-15,21H,6-9H2. The summed E-state index contributed by atoms with van der Waals surface area (Å²) in [5.41, 5.74) is 1.28. The van der Waals surface area contributed by atoms with E-state index in [0.717, 1.165) is 37.8 Å². The third-order valence-corrected chi connectivity index (χ3v) is 6.04. The van der Waals surface area contributed by atoms with Gasteiger partial charge in [-0.15, -0.1) is 0 Å². The molecule has 0 heterocycles. The molecule has 1 fully saturated rings. The van der Waals surface area contributed by atoms with Crippen molar-refractivity contribution < 1.29 is 17.2 Å². The minimum absolute atomic E-state index is 0.178. The van der Waals surface area contributed by atoms with Crippen LogP contribution in [0.1, 0.15) is 37.2 Å². The average Bonchev–Trinajstić information content (AvgIpc) is 2.58. The monoisotopic (exact) mass is 351 g/mol. The summed E-state index contributed by atoms with van der Waals surface area (Å²) in [4.78, 5) is -0.244. The predicted octanol–water partition coefficient (Wildman–Crippen LogP) is 3.97. The minimum atomic E-state index is -3.84. The van der Waals surface area contributed by atoms with Crippen LogP contribution in [0.25, 0.3) is 0 Å². The molecule has 3 nitrogen and oxygen atoms in total. The van der Waals surface area contributed by atoms with Gasteiger partial charge < -0.3 is 0 Å². The third kappa shape index (κ3) is 3.82. The number of halogens is 2. The molecule has 6 heteroatoms. The molecule has 0 atom stereocenters. The van der Waals surface area contributed by atoms with Crippen molar-refractivity contribution >= 4 is 10.0 Å². The van der Waals surface area contributed by atoms with Crippen LogP contribution in [0.3, 0.4) is 0 Å². The molecule has 128 valence electrons. The van der Waals surface area contributed by atoms with Gasteiger partial charge in [0, 0.05) is 6.04 Å². The van der Waals surface area contributed by atoms with Crippen LogP contribution in [0.2, 0.25) is 0 Å². The summed E-state index contributed by atoms with van der Waals surface area (Å²) >= 11 is 0. The van der Waals surface area contributed by atoms with Crippen molar-refractivity contribution in [2.45, 2.75) is 42.5 Å². The first-order valence-electron chi connectivity index (χ1n) is 7.98. The van der Waals surface area contributed by atoms with Crippen LogP contribution in [0.15, 0.2) is 53.4 Å². The van der Waals surface area contributed by atoms with Gasteiger partial charge in [0.1, 0.15) is 0 Å². The van der Waals surface area contributed by atoms with Gasteiger partial charge in [-0.3, -0.25) is 0 Å². The van der Waals surface area contributed by atoms with E-state index in [-0.39, 0.29) is 10.9 Å². The fourth-order valence-electron chi connectivity index (χ4n) is 3.20. The van der Waals surface area contributed by atoms with Crippen molar-refractivity contribution in [2.24, 2.45) is 0 Å². The number of nitrogens with one attached hydrogen (secondary N) is 1. The summed E-state index contributed by atoms with van der Waals surface area (Å²) in [6, 6.07) is 12.6. The van der Waals surface area contributed by atoms with Gasteiger partial charge in [-0.1, -0.05) is 30.3 Å². The Morgan fingerprint density at radius 3 is 2.17 bits per heavy atom. The molecule has 0 spiro atoms. The molecule has 0 radical (unpaired) electrons. The lowest BCUT2D eigenvalue weighted by Crippen LogP contribution is -2.37. The molecule has 0 saturated heterocycles. The van der Waals surface area contributed by atoms with E-state index < -0.39 is 21.7 Å². The van der Waals surface area contributed by atoms with E-state index in [2.05, 4.69) is 16.9 Å². The van der Waals surface area contributed by atoms with E-state index in [1.54, 1.807) is 0 Å². The Labute approximate surface area is 140 Å². The van der Waals surface area contributed by atoms with E-state index in [4.69, 9.17) is 0 Å². The maximum absolute atomic E-state index is 13.3. The van der Waals surface area contributed by atoms with Crippen LogP contribution in [0.4, 0.5) is 8.78 Å². The first-order valence-corrected chi connectivity index (χ1v) is 9.46. The highest BCUT2D eigenvalue weighted by Crippen LogP contribution is 2.33. The van der Waals surface area contributed by atoms with Crippen molar-refractivity contribution in [1.29, 1.82) is 0 Å². The molecular weight excluding hydrogens is 332 g/mol. The van der Waals surface area contributed by atoms with Gasteiger partial charge >= 0.3 is 0 Å². The van der Waals surface area contributed by atoms with Crippen LogP contribution in [0.5, 0.6) is 0 Å². The van der Waals surface area contributed by atoms with Crippen molar-refractivity contribution in [3.05, 3.63) is 65.7 Å². The van der Waals surface area contributed by atoms with E-state index in [1.165, 1.54) is 5.56 Å². The summed E-state index contributed by atoms with van der Waals surface area (Å²) < 4.78 is 53.5. The average molecular weight is 351 g/mol. The topological polar surface area (TPSA) is 46.2 Å². The van der Waals surface area contributed by atoms with Gasteiger partial charge in [-0.2, -0.15) is 0 Å². The van der Waals surface area contributed by atoms with Crippen LogP contribution in [-0.4, -0.2) is 14.5 Å². The molecule has 1 aliphatic rings. The molecule has 0 aliphatic heterocycles. The minimum Gasteiger partial charge on any atom is -0.208 e. The number of benzene rings is 2. The molecule has 1 saturated carbocycles. The summed E-state index contributed by atoms with van der Waals surface area (Å²) in [5.74, 6) is -1.78. The van der Waals surface area contributed by atoms with Crippen molar-refractivity contribution in [2.75, 3.05) is 0 Å². The quantitative estimate of drug-likeness (QED) is 0.906. The lowest BCUT2D eigenvalue weighted by atomic mass is 9.82. The Kier molecular flexibility index (Phi) is 4.96. The fraction of sp³-hybridized carbons (Fsp3) is 0.333. The van der Waals surface area contributed by atoms with E-state index in [9.17, 15) is 17.2 Å². The van der Waals surface area contributed by atoms with Crippen LogP contribution in [-0.2, 0) is 10.0 Å². The summed E-state index contributed by atoms with van der Waals surface area (Å²) in [6.45, 7) is 0. The smallest absolute Gasteiger partial charge is 0.208 e. The van der Waals surface area contributed by atoms with Gasteiger partial charge in [0.25, 0.3) is 0 Å². The summed E-state index contributed by atoms with van der Waals surface area (Å²) in [5, 5.41) is 0. The number of sulfonamides is 1. The molecule has 2 aromatic carbocycles. The fourth-order valence-corrected chi connectivity index (χ4v) is 4.52. The van der Waals surface area contributed by atoms with Crippen molar-refractivity contribution in [3.8, 4) is 0 Å². The maximum atomic E-state index is 13.3. The second kappa shape index (κ2) is 6.99. The number of hydrogen-bond donors (Lipinski definition) is 1. The summed E-state index contributed by atoms with van der Waals surface area (Å²) in [7, 11) is -3.84. The molecule has 0 aromatic heterocycles. The Balaban J connectivity index is 1.64. The predicted molar refractivity (Wildman–Crippen MR) is 88.1 cm³/mol. The van der Waals surface area contributed by atoms with Gasteiger partial charge in [-0.05, 0) is 55.4 Å². The first kappa shape index (κ1) is 17.0. The molecule has 3 rings (SSSR count). The molecule has 1 aliphatic carbocycles. The third-order valence-electron chi connectivity index (χ3n) is 4.52. The van der Waals surface area contributed by atoms with E-state index >= 15 is 0 Å². The zero-order chi connectivity index (χ0) is 17.2. The van der Waals surface area contributed by atoms with Gasteiger partial charge in [0.2, 0.25) is 10.0 Å². The molecular formula is C18H19F2NO2S. The van der Waals surface area contributed by atoms with E-state index in [1.807, 2.05) is 18.2 Å². The highest BCUT2D eigenvalue weighted by molar-refractivity contribution is 7.89. The Morgan fingerprint density at radius 1 is 0.875 bits per heavy atom. The highest BCUT2D eigenvalue weighted by Gasteiger charge is 2.26. The lowest BCUT2D eigenvalue weighted by molar-refractivity contribution is 0.374. The van der Waals surface area contributed by atoms with Crippen molar-refractivity contribution in [3.63, 3.8) is 0 Å². The Morgan fingerprint density at radius 2 is 1.54 bits per heavy atom. The SMILES string of the molecule is O=S(=O)(NC1CCC(c2ccccc2)CC1)c1ccc(F)c(F)c1. The molecule has 0 amide bonds. The van der Waals surface area contributed by atoms with Crippen LogP contribution >= 0.6 is 0 Å². The molecule has 0 unspecified atom stereocenters. The van der Waals surface area contributed by atoms with Gasteiger partial charge in [-0.25, -0.2) is 21.9 Å². The van der Waals surface area contributed by atoms with E-state index in [0.29, 0.717) is 12.0 Å². The molecule has 24 heavy (non-hydrogen) atoms.